The van der Waals surface area contributed by atoms with Gasteiger partial charge in [0.1, 0.15) is 5.82 Å². The Kier molecular flexibility index (Phi) is 5.68. The summed E-state index contributed by atoms with van der Waals surface area (Å²) in [5.41, 5.74) is 3.17. The van der Waals surface area contributed by atoms with E-state index in [2.05, 4.69) is 26.5 Å². The number of hydrogen-bond acceptors (Lipinski definition) is 3. The smallest absolute Gasteiger partial charge is 0.245 e. The summed E-state index contributed by atoms with van der Waals surface area (Å²) in [6.45, 7) is 0.266. The van der Waals surface area contributed by atoms with Crippen molar-refractivity contribution < 1.29 is 14.0 Å². The number of hydrazone groups is 1. The first kappa shape index (κ1) is 18.5. The molecule has 1 aliphatic heterocycles. The van der Waals surface area contributed by atoms with Gasteiger partial charge < -0.3 is 4.90 Å². The Bertz CT molecular complexity index is 853. The van der Waals surface area contributed by atoms with Gasteiger partial charge in [0, 0.05) is 28.7 Å². The summed E-state index contributed by atoms with van der Waals surface area (Å²) < 4.78 is 14.6. The molecule has 1 aliphatic rings. The molecule has 2 amide bonds. The first-order valence-corrected chi connectivity index (χ1v) is 8.95. The Morgan fingerprint density at radius 3 is 2.73 bits per heavy atom. The van der Waals surface area contributed by atoms with Crippen molar-refractivity contribution in [1.29, 1.82) is 0 Å². The predicted molar refractivity (Wildman–Crippen MR) is 102 cm³/mol. The molecule has 1 atom stereocenters. The van der Waals surface area contributed by atoms with Crippen LogP contribution in [-0.2, 0) is 9.59 Å². The lowest BCUT2D eigenvalue weighted by Gasteiger charge is -2.16. The third-order valence-electron chi connectivity index (χ3n) is 4.00. The molecular formula is C18H14BrClFN3O2. The summed E-state index contributed by atoms with van der Waals surface area (Å²) >= 11 is 9.23. The summed E-state index contributed by atoms with van der Waals surface area (Å²) in [6, 6.07) is 11.5. The number of hydrogen-bond donors (Lipinski definition) is 1. The van der Waals surface area contributed by atoms with Gasteiger partial charge in [0.15, 0.2) is 0 Å². The first-order chi connectivity index (χ1) is 12.5. The Hall–Kier alpha value is -2.25. The molecule has 1 fully saturated rings. The topological polar surface area (TPSA) is 61.8 Å². The fourth-order valence-corrected chi connectivity index (χ4v) is 3.12. The maximum atomic E-state index is 13.7. The largest absolute Gasteiger partial charge is 0.312 e. The molecule has 134 valence electrons. The number of amides is 2. The van der Waals surface area contributed by atoms with Gasteiger partial charge in [0.05, 0.1) is 17.2 Å². The average Bonchev–Trinajstić information content (AvgIpc) is 3.00. The molecule has 5 nitrogen and oxygen atoms in total. The van der Waals surface area contributed by atoms with Crippen LogP contribution in [0, 0.1) is 11.7 Å². The first-order valence-electron chi connectivity index (χ1n) is 7.78. The van der Waals surface area contributed by atoms with Crippen molar-refractivity contribution in [2.75, 3.05) is 11.4 Å². The van der Waals surface area contributed by atoms with E-state index in [0.29, 0.717) is 0 Å². The van der Waals surface area contributed by atoms with Gasteiger partial charge in [-0.15, -0.1) is 0 Å². The lowest BCUT2D eigenvalue weighted by atomic mass is 10.1. The molecule has 1 unspecified atom stereocenters. The molecule has 0 radical (unpaired) electrons. The van der Waals surface area contributed by atoms with Crippen molar-refractivity contribution in [3.63, 3.8) is 0 Å². The van der Waals surface area contributed by atoms with Crippen molar-refractivity contribution in [3.05, 3.63) is 63.3 Å². The Labute approximate surface area is 163 Å². The predicted octanol–water partition coefficient (Wildman–Crippen LogP) is 3.74. The zero-order valence-electron chi connectivity index (χ0n) is 13.5. The molecule has 3 rings (SSSR count). The highest BCUT2D eigenvalue weighted by Crippen LogP contribution is 2.26. The maximum absolute atomic E-state index is 13.7. The monoisotopic (exact) mass is 437 g/mol. The van der Waals surface area contributed by atoms with E-state index in [1.807, 2.05) is 12.1 Å². The van der Waals surface area contributed by atoms with E-state index in [1.54, 1.807) is 17.0 Å². The molecule has 1 N–H and O–H groups in total. The lowest BCUT2D eigenvalue weighted by Crippen LogP contribution is -2.30. The number of benzene rings is 2. The zero-order chi connectivity index (χ0) is 18.7. The summed E-state index contributed by atoms with van der Waals surface area (Å²) in [6.07, 6.45) is 1.25. The van der Waals surface area contributed by atoms with Crippen LogP contribution in [0.4, 0.5) is 10.1 Å². The van der Waals surface area contributed by atoms with Gasteiger partial charge in [-0.2, -0.15) is 5.10 Å². The van der Waals surface area contributed by atoms with Crippen molar-refractivity contribution in [3.8, 4) is 0 Å². The van der Waals surface area contributed by atoms with E-state index in [-0.39, 0.29) is 29.5 Å². The van der Waals surface area contributed by atoms with Gasteiger partial charge in [-0.3, -0.25) is 9.59 Å². The molecule has 0 spiro atoms. The molecule has 0 aromatic heterocycles. The number of nitrogens with zero attached hydrogens (tertiary/aromatic N) is 2. The van der Waals surface area contributed by atoms with Crippen LogP contribution in [0.1, 0.15) is 12.0 Å². The van der Waals surface area contributed by atoms with Crippen molar-refractivity contribution in [2.45, 2.75) is 6.42 Å². The van der Waals surface area contributed by atoms with E-state index in [9.17, 15) is 14.0 Å². The van der Waals surface area contributed by atoms with Crippen LogP contribution in [0.25, 0.3) is 0 Å². The van der Waals surface area contributed by atoms with Crippen molar-refractivity contribution >= 4 is 51.2 Å². The quantitative estimate of drug-likeness (QED) is 0.584. The van der Waals surface area contributed by atoms with Crippen LogP contribution in [0.2, 0.25) is 5.02 Å². The minimum absolute atomic E-state index is 0.0912. The second kappa shape index (κ2) is 7.97. The third kappa shape index (κ3) is 4.11. The van der Waals surface area contributed by atoms with Crippen LogP contribution in [0.15, 0.2) is 52.0 Å². The van der Waals surface area contributed by atoms with Crippen LogP contribution in [0.3, 0.4) is 0 Å². The minimum Gasteiger partial charge on any atom is -0.312 e. The Balaban J connectivity index is 1.63. The number of nitrogens with one attached hydrogen (secondary N) is 1. The summed E-state index contributed by atoms with van der Waals surface area (Å²) in [5, 5.41) is 3.95. The molecule has 0 aliphatic carbocycles. The van der Waals surface area contributed by atoms with Gasteiger partial charge in [0.2, 0.25) is 11.8 Å². The number of carbonyl (C=O) groups excluding carboxylic acids is 2. The molecule has 26 heavy (non-hydrogen) atoms. The number of anilines is 1. The minimum atomic E-state index is -0.534. The average molecular weight is 439 g/mol. The van der Waals surface area contributed by atoms with E-state index < -0.39 is 17.6 Å². The molecule has 0 saturated carbocycles. The Morgan fingerprint density at radius 2 is 2.04 bits per heavy atom. The van der Waals surface area contributed by atoms with Gasteiger partial charge in [-0.05, 0) is 36.4 Å². The molecular weight excluding hydrogens is 425 g/mol. The molecule has 0 bridgehead atoms. The number of carbonyl (C=O) groups is 2. The summed E-state index contributed by atoms with van der Waals surface area (Å²) in [7, 11) is 0. The highest BCUT2D eigenvalue weighted by Gasteiger charge is 2.35. The fraction of sp³-hybridized carbons (Fsp3) is 0.167. The second-order valence-corrected chi connectivity index (χ2v) is 7.07. The van der Waals surface area contributed by atoms with E-state index >= 15 is 0 Å². The van der Waals surface area contributed by atoms with Gasteiger partial charge in [-0.25, -0.2) is 9.82 Å². The van der Waals surface area contributed by atoms with E-state index in [1.165, 1.54) is 18.2 Å². The summed E-state index contributed by atoms with van der Waals surface area (Å²) in [4.78, 5) is 26.0. The highest BCUT2D eigenvalue weighted by molar-refractivity contribution is 9.10. The lowest BCUT2D eigenvalue weighted by molar-refractivity contribution is -0.126. The van der Waals surface area contributed by atoms with Gasteiger partial charge in [0.25, 0.3) is 0 Å². The fourth-order valence-electron chi connectivity index (χ4n) is 2.64. The van der Waals surface area contributed by atoms with Crippen molar-refractivity contribution in [2.24, 2.45) is 11.0 Å². The molecule has 1 heterocycles. The molecule has 2 aromatic carbocycles. The maximum Gasteiger partial charge on any atom is 0.245 e. The summed E-state index contributed by atoms with van der Waals surface area (Å²) in [5.74, 6) is -1.59. The van der Waals surface area contributed by atoms with Crippen molar-refractivity contribution in [1.82, 2.24) is 5.43 Å². The molecule has 1 saturated heterocycles. The van der Waals surface area contributed by atoms with Gasteiger partial charge in [-0.1, -0.05) is 33.6 Å². The SMILES string of the molecule is O=C(NN=Cc1c(F)cccc1Cl)C1CC(=O)N(c2ccc(Br)cc2)C1. The van der Waals surface area contributed by atoms with Crippen LogP contribution < -0.4 is 10.3 Å². The van der Waals surface area contributed by atoms with Crippen LogP contribution in [-0.4, -0.2) is 24.6 Å². The van der Waals surface area contributed by atoms with Crippen LogP contribution >= 0.6 is 27.5 Å². The number of halogens is 3. The normalized spacial score (nSPS) is 17.1. The van der Waals surface area contributed by atoms with E-state index in [4.69, 9.17) is 11.6 Å². The third-order valence-corrected chi connectivity index (χ3v) is 4.86. The number of rotatable bonds is 4. The van der Waals surface area contributed by atoms with E-state index in [0.717, 1.165) is 16.4 Å². The standard InChI is InChI=1S/C18H14BrClFN3O2/c19-12-4-6-13(7-5-12)24-10-11(8-17(24)25)18(26)23-22-9-14-15(20)2-1-3-16(14)21/h1-7,9,11H,8,10H2,(H,23,26). The molecule has 2 aromatic rings. The molecule has 8 heteroatoms. The van der Waals surface area contributed by atoms with Crippen LogP contribution in [0.5, 0.6) is 0 Å². The Morgan fingerprint density at radius 1 is 1.31 bits per heavy atom. The van der Waals surface area contributed by atoms with Gasteiger partial charge >= 0.3 is 0 Å². The highest BCUT2D eigenvalue weighted by atomic mass is 79.9. The second-order valence-electron chi connectivity index (χ2n) is 5.75. The zero-order valence-corrected chi connectivity index (χ0v) is 15.8.